The lowest BCUT2D eigenvalue weighted by Crippen LogP contribution is -2.21. The summed E-state index contributed by atoms with van der Waals surface area (Å²) in [6.07, 6.45) is 1.50. The molecule has 0 aliphatic heterocycles. The van der Waals surface area contributed by atoms with Gasteiger partial charge in [-0.3, -0.25) is 4.79 Å². The highest BCUT2D eigenvalue weighted by Crippen LogP contribution is 2.29. The van der Waals surface area contributed by atoms with Crippen molar-refractivity contribution < 1.29 is 18.8 Å². The van der Waals surface area contributed by atoms with Crippen LogP contribution in [0.25, 0.3) is 22.2 Å². The Balaban J connectivity index is 1.47. The second-order valence-corrected chi connectivity index (χ2v) is 6.43. The number of nitrogens with zero attached hydrogens (tertiary/aromatic N) is 2. The first-order chi connectivity index (χ1) is 14.1. The third kappa shape index (κ3) is 4.09. The van der Waals surface area contributed by atoms with Gasteiger partial charge in [-0.1, -0.05) is 47.1 Å². The molecule has 4 aromatic rings. The molecule has 144 valence electrons. The average molecular weight is 408 g/mol. The highest BCUT2D eigenvalue weighted by molar-refractivity contribution is 6.32. The fraction of sp³-hybridized carbons (Fsp3) is 0.0476. The first-order valence-corrected chi connectivity index (χ1v) is 9.02. The predicted octanol–water partition coefficient (Wildman–Crippen LogP) is 4.34. The molecular weight excluding hydrogens is 394 g/mol. The van der Waals surface area contributed by atoms with Crippen LogP contribution in [-0.2, 0) is 9.53 Å². The summed E-state index contributed by atoms with van der Waals surface area (Å²) in [6.45, 7) is -0.461. The highest BCUT2D eigenvalue weighted by atomic mass is 35.5. The molecule has 0 unspecified atom stereocenters. The molecule has 8 heteroatoms. The monoisotopic (exact) mass is 407 g/mol. The number of nitrogens with one attached hydrogen (secondary N) is 1. The maximum Gasteiger partial charge on any atom is 0.338 e. The van der Waals surface area contributed by atoms with Gasteiger partial charge in [-0.2, -0.15) is 0 Å². The zero-order valence-electron chi connectivity index (χ0n) is 15.0. The molecule has 4 rings (SSSR count). The van der Waals surface area contributed by atoms with Crippen LogP contribution < -0.4 is 5.32 Å². The van der Waals surface area contributed by atoms with Crippen LogP contribution in [0.3, 0.4) is 0 Å². The molecule has 0 saturated carbocycles. The third-order valence-corrected chi connectivity index (χ3v) is 4.42. The van der Waals surface area contributed by atoms with Gasteiger partial charge >= 0.3 is 5.97 Å². The van der Waals surface area contributed by atoms with Crippen molar-refractivity contribution in [1.82, 2.24) is 10.1 Å². The van der Waals surface area contributed by atoms with Gasteiger partial charge in [-0.05, 0) is 30.3 Å². The summed E-state index contributed by atoms with van der Waals surface area (Å²) in [5, 5.41) is 7.38. The molecule has 1 amide bonds. The van der Waals surface area contributed by atoms with Crippen molar-refractivity contribution in [3.8, 4) is 11.3 Å². The molecule has 29 heavy (non-hydrogen) atoms. The van der Waals surface area contributed by atoms with Crippen molar-refractivity contribution in [2.24, 2.45) is 0 Å². The van der Waals surface area contributed by atoms with Crippen molar-refractivity contribution in [2.45, 2.75) is 0 Å². The van der Waals surface area contributed by atoms with Crippen LogP contribution >= 0.6 is 11.6 Å². The molecule has 0 aliphatic carbocycles. The van der Waals surface area contributed by atoms with E-state index < -0.39 is 18.5 Å². The van der Waals surface area contributed by atoms with Crippen LogP contribution in [0.2, 0.25) is 5.15 Å². The number of pyridine rings is 1. The number of amides is 1. The summed E-state index contributed by atoms with van der Waals surface area (Å²) in [7, 11) is 0. The van der Waals surface area contributed by atoms with E-state index in [0.717, 1.165) is 5.56 Å². The van der Waals surface area contributed by atoms with Crippen LogP contribution in [0, 0.1) is 0 Å². The van der Waals surface area contributed by atoms with E-state index in [1.165, 1.54) is 6.20 Å². The number of fused-ring (bicyclic) bond motifs is 1. The van der Waals surface area contributed by atoms with Crippen molar-refractivity contribution in [1.29, 1.82) is 0 Å². The molecule has 2 aromatic carbocycles. The van der Waals surface area contributed by atoms with Gasteiger partial charge in [0.25, 0.3) is 5.91 Å². The van der Waals surface area contributed by atoms with Crippen LogP contribution in [0.15, 0.2) is 71.4 Å². The quantitative estimate of drug-likeness (QED) is 0.390. The molecule has 0 saturated heterocycles. The highest BCUT2D eigenvalue weighted by Gasteiger charge is 2.16. The van der Waals surface area contributed by atoms with Crippen LogP contribution in [0.5, 0.6) is 0 Å². The Morgan fingerprint density at radius 2 is 1.90 bits per heavy atom. The summed E-state index contributed by atoms with van der Waals surface area (Å²) < 4.78 is 10.5. The van der Waals surface area contributed by atoms with Crippen LogP contribution in [0.1, 0.15) is 10.4 Å². The van der Waals surface area contributed by atoms with E-state index in [1.54, 1.807) is 30.3 Å². The van der Waals surface area contributed by atoms with E-state index in [0.29, 0.717) is 22.4 Å². The lowest BCUT2D eigenvalue weighted by molar-refractivity contribution is -0.119. The van der Waals surface area contributed by atoms with Crippen molar-refractivity contribution >= 4 is 40.1 Å². The van der Waals surface area contributed by atoms with Gasteiger partial charge in [0.1, 0.15) is 5.52 Å². The summed E-state index contributed by atoms with van der Waals surface area (Å²) in [5.74, 6) is -0.608. The summed E-state index contributed by atoms with van der Waals surface area (Å²) in [4.78, 5) is 28.3. The van der Waals surface area contributed by atoms with Crippen LogP contribution in [0.4, 0.5) is 5.69 Å². The minimum absolute atomic E-state index is 0.151. The number of aromatic nitrogens is 2. The average Bonchev–Trinajstić information content (AvgIpc) is 3.17. The standard InChI is InChI=1S/C21H14ClN3O4/c22-20-17(7-4-10-23-20)24-18(26)12-28-21(27)14-8-9-16-15(11-14)19(29-25-16)13-5-2-1-3-6-13/h1-11H,12H2,(H,24,26). The van der Waals surface area contributed by atoms with E-state index in [4.69, 9.17) is 20.9 Å². The van der Waals surface area contributed by atoms with Gasteiger partial charge in [0.05, 0.1) is 16.6 Å². The molecule has 2 aromatic heterocycles. The minimum Gasteiger partial charge on any atom is -0.452 e. The Hall–Kier alpha value is -3.71. The zero-order valence-corrected chi connectivity index (χ0v) is 15.7. The molecule has 7 nitrogen and oxygen atoms in total. The topological polar surface area (TPSA) is 94.3 Å². The summed E-state index contributed by atoms with van der Waals surface area (Å²) in [5.41, 5.74) is 2.08. The Kier molecular flexibility index (Phi) is 5.22. The second-order valence-electron chi connectivity index (χ2n) is 6.08. The number of carbonyl (C=O) groups is 2. The lowest BCUT2D eigenvalue weighted by atomic mass is 10.1. The molecular formula is C21H14ClN3O4. The first kappa shape index (κ1) is 18.6. The maximum absolute atomic E-state index is 12.4. The van der Waals surface area contributed by atoms with Gasteiger partial charge in [0, 0.05) is 11.8 Å². The largest absolute Gasteiger partial charge is 0.452 e. The van der Waals surface area contributed by atoms with Gasteiger partial charge in [0.2, 0.25) is 0 Å². The van der Waals surface area contributed by atoms with Crippen molar-refractivity contribution in [3.05, 3.63) is 77.6 Å². The van der Waals surface area contributed by atoms with Gasteiger partial charge in [-0.15, -0.1) is 0 Å². The summed E-state index contributed by atoms with van der Waals surface area (Å²) >= 11 is 5.89. The summed E-state index contributed by atoms with van der Waals surface area (Å²) in [6, 6.07) is 17.5. The number of halogens is 1. The molecule has 0 atom stereocenters. The minimum atomic E-state index is -0.639. The molecule has 0 radical (unpaired) electrons. The number of ether oxygens (including phenoxy) is 1. The fourth-order valence-electron chi connectivity index (χ4n) is 2.75. The van der Waals surface area contributed by atoms with Gasteiger partial charge < -0.3 is 14.6 Å². The number of esters is 1. The number of hydrogen-bond donors (Lipinski definition) is 1. The Morgan fingerprint density at radius 1 is 1.07 bits per heavy atom. The molecule has 0 spiro atoms. The zero-order chi connectivity index (χ0) is 20.2. The Morgan fingerprint density at radius 3 is 2.69 bits per heavy atom. The normalized spacial score (nSPS) is 10.7. The van der Waals surface area contributed by atoms with E-state index in [2.05, 4.69) is 15.5 Å². The van der Waals surface area contributed by atoms with Crippen LogP contribution in [-0.4, -0.2) is 28.6 Å². The maximum atomic E-state index is 12.4. The van der Waals surface area contributed by atoms with Gasteiger partial charge in [0.15, 0.2) is 17.5 Å². The van der Waals surface area contributed by atoms with Crippen molar-refractivity contribution in [2.75, 3.05) is 11.9 Å². The molecule has 2 heterocycles. The number of benzene rings is 2. The van der Waals surface area contributed by atoms with E-state index >= 15 is 0 Å². The van der Waals surface area contributed by atoms with Crippen molar-refractivity contribution in [3.63, 3.8) is 0 Å². The number of hydrogen-bond acceptors (Lipinski definition) is 6. The predicted molar refractivity (Wildman–Crippen MR) is 108 cm³/mol. The molecule has 1 N–H and O–H groups in total. The molecule has 0 aliphatic rings. The Bertz CT molecular complexity index is 1190. The number of rotatable bonds is 5. The Labute approximate surface area is 170 Å². The fourth-order valence-corrected chi connectivity index (χ4v) is 2.91. The molecule has 0 bridgehead atoms. The number of carbonyl (C=O) groups excluding carboxylic acids is 2. The lowest BCUT2D eigenvalue weighted by Gasteiger charge is -2.07. The number of anilines is 1. The SMILES string of the molecule is O=C(COC(=O)c1ccc2noc(-c3ccccc3)c2c1)Nc1cccnc1Cl. The van der Waals surface area contributed by atoms with Gasteiger partial charge in [-0.25, -0.2) is 9.78 Å². The van der Waals surface area contributed by atoms with E-state index in [9.17, 15) is 9.59 Å². The molecule has 0 fully saturated rings. The third-order valence-electron chi connectivity index (χ3n) is 4.12. The smallest absolute Gasteiger partial charge is 0.338 e. The van der Waals surface area contributed by atoms with E-state index in [-0.39, 0.29) is 10.7 Å². The second kappa shape index (κ2) is 8.12. The van der Waals surface area contributed by atoms with E-state index in [1.807, 2.05) is 30.3 Å². The first-order valence-electron chi connectivity index (χ1n) is 8.64.